The lowest BCUT2D eigenvalue weighted by molar-refractivity contribution is 0.531. The molecule has 2 aliphatic rings. The summed E-state index contributed by atoms with van der Waals surface area (Å²) in [5.74, 6) is 1.42. The maximum atomic E-state index is 4.94. The van der Waals surface area contributed by atoms with E-state index in [0.29, 0.717) is 12.0 Å². The van der Waals surface area contributed by atoms with Gasteiger partial charge in [0, 0.05) is 29.4 Å². The zero-order valence-corrected chi connectivity index (χ0v) is 12.5. The van der Waals surface area contributed by atoms with Crippen LogP contribution in [0.4, 0.5) is 0 Å². The van der Waals surface area contributed by atoms with Crippen molar-refractivity contribution in [2.24, 2.45) is 0 Å². The minimum Gasteiger partial charge on any atom is -0.313 e. The van der Waals surface area contributed by atoms with Crippen LogP contribution >= 0.6 is 0 Å². The Balaban J connectivity index is 1.69. The van der Waals surface area contributed by atoms with Gasteiger partial charge in [0.2, 0.25) is 0 Å². The fourth-order valence-electron chi connectivity index (χ4n) is 3.69. The Labute approximate surface area is 125 Å². The first kappa shape index (κ1) is 13.0. The fourth-order valence-corrected chi connectivity index (χ4v) is 3.69. The molecular formula is C18H21N3. The molecule has 0 saturated heterocycles. The summed E-state index contributed by atoms with van der Waals surface area (Å²) in [6.45, 7) is 0. The molecule has 0 amide bonds. The molecule has 3 heteroatoms. The van der Waals surface area contributed by atoms with Crippen molar-refractivity contribution in [1.82, 2.24) is 15.3 Å². The van der Waals surface area contributed by atoms with E-state index >= 15 is 0 Å². The van der Waals surface area contributed by atoms with E-state index in [0.717, 1.165) is 18.7 Å². The molecule has 1 aromatic heterocycles. The summed E-state index contributed by atoms with van der Waals surface area (Å²) >= 11 is 0. The molecule has 108 valence electrons. The first-order chi connectivity index (χ1) is 10.4. The molecule has 4 rings (SSSR count). The summed E-state index contributed by atoms with van der Waals surface area (Å²) in [4.78, 5) is 9.64. The number of hydrogen-bond donors (Lipinski definition) is 1. The van der Waals surface area contributed by atoms with Crippen molar-refractivity contribution in [2.75, 3.05) is 7.05 Å². The van der Waals surface area contributed by atoms with Crippen molar-refractivity contribution < 1.29 is 0 Å². The van der Waals surface area contributed by atoms with Crippen LogP contribution in [0.15, 0.2) is 30.5 Å². The first-order valence-electron chi connectivity index (χ1n) is 7.97. The highest BCUT2D eigenvalue weighted by Crippen LogP contribution is 2.39. The summed E-state index contributed by atoms with van der Waals surface area (Å²) in [7, 11) is 2.04. The highest BCUT2D eigenvalue weighted by atomic mass is 14.9. The fraction of sp³-hybridized carbons (Fsp3) is 0.444. The third kappa shape index (κ3) is 2.16. The van der Waals surface area contributed by atoms with E-state index in [1.54, 1.807) is 0 Å². The van der Waals surface area contributed by atoms with E-state index in [1.165, 1.54) is 41.6 Å². The van der Waals surface area contributed by atoms with E-state index < -0.39 is 0 Å². The minimum atomic E-state index is 0.405. The second-order valence-electron chi connectivity index (χ2n) is 6.17. The Morgan fingerprint density at radius 1 is 1.14 bits per heavy atom. The molecule has 1 heterocycles. The smallest absolute Gasteiger partial charge is 0.136 e. The Kier molecular flexibility index (Phi) is 3.23. The quantitative estimate of drug-likeness (QED) is 0.858. The second-order valence-corrected chi connectivity index (χ2v) is 6.17. The average molecular weight is 279 g/mol. The molecule has 0 radical (unpaired) electrons. The van der Waals surface area contributed by atoms with Gasteiger partial charge in [-0.15, -0.1) is 0 Å². The van der Waals surface area contributed by atoms with Gasteiger partial charge in [0.15, 0.2) is 0 Å². The standard InChI is InChI=1S/C18H21N3/c1-19-16-8-4-5-9-17-15(16)11-20-18(21-17)14-10-12-6-2-3-7-13(12)14/h2-3,6-7,11,14,16,19H,4-5,8-10H2,1H3. The largest absolute Gasteiger partial charge is 0.313 e. The van der Waals surface area contributed by atoms with Gasteiger partial charge >= 0.3 is 0 Å². The lowest BCUT2D eigenvalue weighted by Crippen LogP contribution is -2.22. The summed E-state index contributed by atoms with van der Waals surface area (Å²) in [6, 6.07) is 9.09. The van der Waals surface area contributed by atoms with Crippen LogP contribution in [0.1, 0.15) is 59.4 Å². The van der Waals surface area contributed by atoms with E-state index in [9.17, 15) is 0 Å². The highest BCUT2D eigenvalue weighted by molar-refractivity contribution is 5.44. The van der Waals surface area contributed by atoms with Crippen molar-refractivity contribution in [1.29, 1.82) is 0 Å². The van der Waals surface area contributed by atoms with Crippen LogP contribution in [0.25, 0.3) is 0 Å². The monoisotopic (exact) mass is 279 g/mol. The predicted octanol–water partition coefficient (Wildman–Crippen LogP) is 3.15. The van der Waals surface area contributed by atoms with Gasteiger partial charge in [-0.05, 0) is 43.9 Å². The van der Waals surface area contributed by atoms with Crippen LogP contribution in [0.2, 0.25) is 0 Å². The Bertz CT molecular complexity index is 665. The van der Waals surface area contributed by atoms with Gasteiger partial charge in [-0.1, -0.05) is 30.7 Å². The molecular weight excluding hydrogens is 258 g/mol. The van der Waals surface area contributed by atoms with E-state index in [-0.39, 0.29) is 0 Å². The topological polar surface area (TPSA) is 37.8 Å². The summed E-state index contributed by atoms with van der Waals surface area (Å²) in [5, 5.41) is 3.41. The molecule has 2 unspecified atom stereocenters. The molecule has 0 aliphatic heterocycles. The highest BCUT2D eigenvalue weighted by Gasteiger charge is 2.30. The van der Waals surface area contributed by atoms with Gasteiger partial charge < -0.3 is 5.32 Å². The minimum absolute atomic E-state index is 0.405. The third-order valence-corrected chi connectivity index (χ3v) is 4.97. The molecule has 2 atom stereocenters. The van der Waals surface area contributed by atoms with Gasteiger partial charge in [0.05, 0.1) is 0 Å². The van der Waals surface area contributed by atoms with Crippen molar-refractivity contribution in [3.05, 3.63) is 58.7 Å². The number of benzene rings is 1. The number of rotatable bonds is 2. The first-order valence-corrected chi connectivity index (χ1v) is 7.97. The summed E-state index contributed by atoms with van der Waals surface area (Å²) in [5.41, 5.74) is 5.44. The Hall–Kier alpha value is -1.74. The lowest BCUT2D eigenvalue weighted by atomic mass is 9.77. The van der Waals surface area contributed by atoms with Gasteiger partial charge in [-0.2, -0.15) is 0 Å². The van der Waals surface area contributed by atoms with Gasteiger partial charge in [0.1, 0.15) is 5.82 Å². The lowest BCUT2D eigenvalue weighted by Gasteiger charge is -2.29. The number of aryl methyl sites for hydroxylation is 1. The molecule has 21 heavy (non-hydrogen) atoms. The Morgan fingerprint density at radius 3 is 2.90 bits per heavy atom. The molecule has 3 nitrogen and oxygen atoms in total. The molecule has 0 fully saturated rings. The van der Waals surface area contributed by atoms with Gasteiger partial charge in [-0.3, -0.25) is 0 Å². The van der Waals surface area contributed by atoms with Crippen molar-refractivity contribution >= 4 is 0 Å². The number of aromatic nitrogens is 2. The number of nitrogens with one attached hydrogen (secondary N) is 1. The average Bonchev–Trinajstić information content (AvgIpc) is 2.70. The molecule has 1 aromatic carbocycles. The van der Waals surface area contributed by atoms with Gasteiger partial charge in [-0.25, -0.2) is 9.97 Å². The van der Waals surface area contributed by atoms with Crippen LogP contribution in [0.3, 0.4) is 0 Å². The van der Waals surface area contributed by atoms with Crippen LogP contribution in [0, 0.1) is 0 Å². The molecule has 0 spiro atoms. The van der Waals surface area contributed by atoms with Crippen molar-refractivity contribution in [2.45, 2.75) is 44.1 Å². The van der Waals surface area contributed by atoms with E-state index in [2.05, 4.69) is 35.8 Å². The van der Waals surface area contributed by atoms with Crippen molar-refractivity contribution in [3.63, 3.8) is 0 Å². The van der Waals surface area contributed by atoms with Crippen LogP contribution in [0.5, 0.6) is 0 Å². The molecule has 2 aromatic rings. The SMILES string of the molecule is CNC1CCCCc2nc(C3Cc4ccccc43)ncc21. The zero-order valence-electron chi connectivity index (χ0n) is 12.5. The van der Waals surface area contributed by atoms with Crippen LogP contribution < -0.4 is 5.32 Å². The number of nitrogens with zero attached hydrogens (tertiary/aromatic N) is 2. The van der Waals surface area contributed by atoms with Crippen LogP contribution in [-0.2, 0) is 12.8 Å². The molecule has 1 N–H and O–H groups in total. The Morgan fingerprint density at radius 2 is 2.05 bits per heavy atom. The number of fused-ring (bicyclic) bond motifs is 2. The predicted molar refractivity (Wildman–Crippen MR) is 83.4 cm³/mol. The number of hydrogen-bond acceptors (Lipinski definition) is 3. The zero-order chi connectivity index (χ0) is 14.2. The summed E-state index contributed by atoms with van der Waals surface area (Å²) < 4.78 is 0. The maximum Gasteiger partial charge on any atom is 0.136 e. The van der Waals surface area contributed by atoms with Crippen LogP contribution in [-0.4, -0.2) is 17.0 Å². The molecule has 2 aliphatic carbocycles. The van der Waals surface area contributed by atoms with E-state index in [1.807, 2.05) is 7.05 Å². The maximum absolute atomic E-state index is 4.94. The molecule has 0 bridgehead atoms. The van der Waals surface area contributed by atoms with Gasteiger partial charge in [0.25, 0.3) is 0 Å². The molecule has 0 saturated carbocycles. The van der Waals surface area contributed by atoms with E-state index in [4.69, 9.17) is 9.97 Å². The summed E-state index contributed by atoms with van der Waals surface area (Å²) in [6.07, 6.45) is 7.96. The van der Waals surface area contributed by atoms with Crippen molar-refractivity contribution in [3.8, 4) is 0 Å². The second kappa shape index (κ2) is 5.23. The third-order valence-electron chi connectivity index (χ3n) is 4.97. The normalized spacial score (nSPS) is 23.7.